The minimum absolute atomic E-state index is 0.00592. The largest absolute Gasteiger partial charge is 0.361 e. The molecule has 3 fully saturated rings. The number of aromatic nitrogens is 3. The Morgan fingerprint density at radius 1 is 1.15 bits per heavy atom. The van der Waals surface area contributed by atoms with Crippen LogP contribution in [0.5, 0.6) is 0 Å². The van der Waals surface area contributed by atoms with Crippen molar-refractivity contribution in [2.45, 2.75) is 46.2 Å². The predicted molar refractivity (Wildman–Crippen MR) is 95.6 cm³/mol. The number of aryl methyl sites for hydroxylation is 3. The van der Waals surface area contributed by atoms with E-state index in [-0.39, 0.29) is 11.9 Å². The van der Waals surface area contributed by atoms with E-state index in [2.05, 4.69) is 20.0 Å². The molecule has 5 heterocycles. The number of piperidine rings is 1. The summed E-state index contributed by atoms with van der Waals surface area (Å²) in [5.74, 6) is 1.39. The van der Waals surface area contributed by atoms with Crippen LogP contribution in [-0.4, -0.2) is 56.5 Å². The highest BCUT2D eigenvalue weighted by Gasteiger charge is 2.38. The molecule has 5 rings (SSSR count). The highest BCUT2D eigenvalue weighted by atomic mass is 16.5. The summed E-state index contributed by atoms with van der Waals surface area (Å²) in [6.45, 7) is 9.35. The van der Waals surface area contributed by atoms with Crippen LogP contribution in [0.25, 0.3) is 0 Å². The Labute approximate surface area is 153 Å². The zero-order valence-corrected chi connectivity index (χ0v) is 15.6. The van der Waals surface area contributed by atoms with Gasteiger partial charge in [0, 0.05) is 44.0 Å². The van der Waals surface area contributed by atoms with Gasteiger partial charge in [0.05, 0.1) is 17.6 Å². The van der Waals surface area contributed by atoms with Crippen molar-refractivity contribution in [3.8, 4) is 0 Å². The second kappa shape index (κ2) is 6.79. The third-order valence-electron chi connectivity index (χ3n) is 5.61. The molecule has 0 aliphatic carbocycles. The Bertz CT molecular complexity index is 781. The van der Waals surface area contributed by atoms with E-state index in [9.17, 15) is 4.79 Å². The zero-order chi connectivity index (χ0) is 18.3. The molecule has 138 valence electrons. The van der Waals surface area contributed by atoms with Crippen molar-refractivity contribution < 1.29 is 9.32 Å². The van der Waals surface area contributed by atoms with E-state index in [4.69, 9.17) is 4.52 Å². The van der Waals surface area contributed by atoms with Gasteiger partial charge in [-0.3, -0.25) is 14.7 Å². The number of hydrogen-bond acceptors (Lipinski definition) is 6. The van der Waals surface area contributed by atoms with Gasteiger partial charge in [0.25, 0.3) is 5.91 Å². The van der Waals surface area contributed by atoms with Gasteiger partial charge in [0.15, 0.2) is 0 Å². The number of carbonyl (C=O) groups excluding carboxylic acids is 1. The Kier molecular flexibility index (Phi) is 4.48. The van der Waals surface area contributed by atoms with Crippen LogP contribution in [0.2, 0.25) is 0 Å². The average molecular weight is 355 g/mol. The molecule has 0 N–H and O–H groups in total. The fourth-order valence-electron chi connectivity index (χ4n) is 4.16. The quantitative estimate of drug-likeness (QED) is 0.840. The smallest absolute Gasteiger partial charge is 0.274 e. The highest BCUT2D eigenvalue weighted by Crippen LogP contribution is 2.30. The van der Waals surface area contributed by atoms with E-state index in [1.807, 2.05) is 25.7 Å². The minimum atomic E-state index is 0.00592. The second-order valence-corrected chi connectivity index (χ2v) is 7.59. The van der Waals surface area contributed by atoms with Crippen LogP contribution >= 0.6 is 0 Å². The highest BCUT2D eigenvalue weighted by molar-refractivity contribution is 5.92. The number of fused-ring (bicyclic) bond motifs is 4. The third-order valence-corrected chi connectivity index (χ3v) is 5.61. The lowest BCUT2D eigenvalue weighted by atomic mass is 9.95. The molecule has 1 amide bonds. The van der Waals surface area contributed by atoms with E-state index in [0.717, 1.165) is 49.7 Å². The lowest BCUT2D eigenvalue weighted by molar-refractivity contribution is 0.0578. The van der Waals surface area contributed by atoms with E-state index in [1.54, 1.807) is 12.4 Å². The van der Waals surface area contributed by atoms with Crippen molar-refractivity contribution in [2.75, 3.05) is 19.6 Å². The van der Waals surface area contributed by atoms with Gasteiger partial charge >= 0.3 is 0 Å². The number of nitrogens with zero attached hydrogens (tertiary/aromatic N) is 5. The Morgan fingerprint density at radius 3 is 2.69 bits per heavy atom. The minimum Gasteiger partial charge on any atom is -0.361 e. The van der Waals surface area contributed by atoms with Crippen molar-refractivity contribution >= 4 is 5.91 Å². The summed E-state index contributed by atoms with van der Waals surface area (Å²) in [5.41, 5.74) is 3.40. The summed E-state index contributed by atoms with van der Waals surface area (Å²) in [4.78, 5) is 25.9. The summed E-state index contributed by atoms with van der Waals surface area (Å²) in [7, 11) is 0. The molecule has 26 heavy (non-hydrogen) atoms. The molecule has 3 aliphatic heterocycles. The molecule has 2 bridgehead atoms. The molecule has 3 aliphatic rings. The van der Waals surface area contributed by atoms with E-state index >= 15 is 0 Å². The maximum absolute atomic E-state index is 13.0. The summed E-state index contributed by atoms with van der Waals surface area (Å²) in [6, 6.07) is 0.227. The first-order chi connectivity index (χ1) is 12.5. The average Bonchev–Trinajstić information content (AvgIpc) is 2.82. The van der Waals surface area contributed by atoms with Crippen molar-refractivity contribution in [1.82, 2.24) is 24.9 Å². The van der Waals surface area contributed by atoms with Gasteiger partial charge in [0.1, 0.15) is 11.5 Å². The molecule has 2 aromatic heterocycles. The first kappa shape index (κ1) is 17.1. The lowest BCUT2D eigenvalue weighted by Gasteiger charge is -2.36. The van der Waals surface area contributed by atoms with Gasteiger partial charge in [-0.05, 0) is 39.5 Å². The fourth-order valence-corrected chi connectivity index (χ4v) is 4.16. The van der Waals surface area contributed by atoms with Crippen LogP contribution in [0.1, 0.15) is 46.0 Å². The number of carbonyl (C=O) groups is 1. The molecule has 2 aromatic rings. The summed E-state index contributed by atoms with van der Waals surface area (Å²) < 4.78 is 5.31. The molecule has 7 heteroatoms. The van der Waals surface area contributed by atoms with Gasteiger partial charge in [-0.1, -0.05) is 5.16 Å². The summed E-state index contributed by atoms with van der Waals surface area (Å²) >= 11 is 0. The van der Waals surface area contributed by atoms with Gasteiger partial charge in [-0.2, -0.15) is 0 Å². The Balaban J connectivity index is 1.51. The lowest BCUT2D eigenvalue weighted by Crippen LogP contribution is -2.47. The summed E-state index contributed by atoms with van der Waals surface area (Å²) in [6.07, 6.45) is 5.48. The predicted octanol–water partition coefficient (Wildman–Crippen LogP) is 2.13. The zero-order valence-electron chi connectivity index (χ0n) is 15.6. The molecule has 7 nitrogen and oxygen atoms in total. The van der Waals surface area contributed by atoms with Crippen molar-refractivity contribution in [3.05, 3.63) is 40.8 Å². The maximum Gasteiger partial charge on any atom is 0.274 e. The van der Waals surface area contributed by atoms with Crippen molar-refractivity contribution in [1.29, 1.82) is 0 Å². The normalized spacial score (nSPS) is 23.3. The topological polar surface area (TPSA) is 75.4 Å². The van der Waals surface area contributed by atoms with Crippen LogP contribution in [0.15, 0.2) is 16.9 Å². The number of rotatable bonds is 3. The number of amides is 1. The molecule has 0 spiro atoms. The second-order valence-electron chi connectivity index (χ2n) is 7.59. The van der Waals surface area contributed by atoms with Crippen LogP contribution in [0, 0.1) is 26.7 Å². The van der Waals surface area contributed by atoms with Crippen LogP contribution in [0.4, 0.5) is 0 Å². The van der Waals surface area contributed by atoms with Gasteiger partial charge in [-0.25, -0.2) is 4.98 Å². The van der Waals surface area contributed by atoms with E-state index in [1.165, 1.54) is 12.0 Å². The first-order valence-corrected chi connectivity index (χ1v) is 9.25. The van der Waals surface area contributed by atoms with E-state index in [0.29, 0.717) is 11.6 Å². The van der Waals surface area contributed by atoms with Crippen LogP contribution in [0.3, 0.4) is 0 Å². The monoisotopic (exact) mass is 355 g/mol. The fraction of sp³-hybridized carbons (Fsp3) is 0.579. The SMILES string of the molecule is Cc1cnc(C(=O)N2C[C@H]3CC[C@@H]2CN(Cc2c(C)noc2C)C3)cn1. The molecule has 0 aromatic carbocycles. The molecule has 0 saturated carbocycles. The first-order valence-electron chi connectivity index (χ1n) is 9.25. The standard InChI is InChI=1S/C19H25N5O2/c1-12-6-21-18(7-20-12)19(25)24-9-15-4-5-16(24)10-23(8-15)11-17-13(2)22-26-14(17)3/h6-7,15-16H,4-5,8-11H2,1-3H3/t15-,16+/m0/s1. The molecular formula is C19H25N5O2. The summed E-state index contributed by atoms with van der Waals surface area (Å²) in [5, 5.41) is 4.07. The van der Waals surface area contributed by atoms with Crippen molar-refractivity contribution in [2.24, 2.45) is 5.92 Å². The van der Waals surface area contributed by atoms with Gasteiger partial charge in [0.2, 0.25) is 0 Å². The van der Waals surface area contributed by atoms with Crippen molar-refractivity contribution in [3.63, 3.8) is 0 Å². The Hall–Kier alpha value is -2.28. The van der Waals surface area contributed by atoms with Gasteiger partial charge in [-0.15, -0.1) is 0 Å². The third kappa shape index (κ3) is 3.23. The molecule has 2 atom stereocenters. The molecule has 0 radical (unpaired) electrons. The molecule has 3 saturated heterocycles. The molecular weight excluding hydrogens is 330 g/mol. The number of hydrogen-bond donors (Lipinski definition) is 0. The Morgan fingerprint density at radius 2 is 2.00 bits per heavy atom. The van der Waals surface area contributed by atoms with Crippen LogP contribution < -0.4 is 0 Å². The van der Waals surface area contributed by atoms with E-state index < -0.39 is 0 Å². The maximum atomic E-state index is 13.0. The van der Waals surface area contributed by atoms with Crippen LogP contribution in [-0.2, 0) is 6.54 Å². The molecule has 0 unspecified atom stereocenters. The van der Waals surface area contributed by atoms with Gasteiger partial charge < -0.3 is 9.42 Å².